The fraction of sp³-hybridized carbons (Fsp3) is 0.429. The number of hydrogen-bond donors (Lipinski definition) is 2. The van der Waals surface area contributed by atoms with Crippen LogP contribution >= 0.6 is 11.6 Å². The molecular weight excluding hydrogens is 402 g/mol. The Labute approximate surface area is 158 Å². The number of rotatable bonds is 5. The van der Waals surface area contributed by atoms with Crippen LogP contribution < -0.4 is 10.6 Å². The number of halogens is 7. The van der Waals surface area contributed by atoms with Gasteiger partial charge < -0.3 is 10.6 Å². The predicted octanol–water partition coefficient (Wildman–Crippen LogP) is 4.31. The van der Waals surface area contributed by atoms with Crippen molar-refractivity contribution in [2.75, 3.05) is 10.6 Å². The van der Waals surface area contributed by atoms with E-state index in [1.165, 1.54) is 0 Å². The smallest absolute Gasteiger partial charge is 0.343 e. The van der Waals surface area contributed by atoms with Gasteiger partial charge in [-0.1, -0.05) is 17.7 Å². The molecule has 2 rings (SSSR count). The first kappa shape index (κ1) is 16.8. The van der Waals surface area contributed by atoms with Crippen molar-refractivity contribution in [3.8, 4) is 11.5 Å². The van der Waals surface area contributed by atoms with Crippen LogP contribution in [0.15, 0.2) is 18.2 Å². The largest absolute Gasteiger partial charge is 0.408 e. The molecule has 0 aliphatic carbocycles. The van der Waals surface area contributed by atoms with Crippen LogP contribution in [0.1, 0.15) is 18.0 Å². The molecule has 0 aliphatic rings. The van der Waals surface area contributed by atoms with Gasteiger partial charge in [0.25, 0.3) is 0 Å². The Balaban J connectivity index is 2.58. The minimum Gasteiger partial charge on any atom is -0.343 e. The van der Waals surface area contributed by atoms with E-state index >= 15 is 0 Å². The van der Waals surface area contributed by atoms with Crippen molar-refractivity contribution in [3.63, 3.8) is 0 Å². The van der Waals surface area contributed by atoms with Crippen molar-refractivity contribution in [1.29, 1.82) is 0 Å². The second kappa shape index (κ2) is 7.71. The van der Waals surface area contributed by atoms with Gasteiger partial charge in [0, 0.05) is 0 Å². The van der Waals surface area contributed by atoms with Gasteiger partial charge in [-0.3, -0.25) is 0 Å². The van der Waals surface area contributed by atoms with Gasteiger partial charge in [0.05, 0.1) is 4.11 Å². The lowest BCUT2D eigenvalue weighted by Crippen LogP contribution is -2.35. The molecule has 148 valence electrons. The molecule has 2 aromatic rings. The summed E-state index contributed by atoms with van der Waals surface area (Å²) in [6, 6.07) is -4.48. The highest BCUT2D eigenvalue weighted by molar-refractivity contribution is 6.29. The molecule has 0 spiro atoms. The Kier molecular flexibility index (Phi) is 4.79. The Morgan fingerprint density at radius 3 is 1.85 bits per heavy atom. The molecule has 0 saturated carbocycles. The summed E-state index contributed by atoms with van der Waals surface area (Å²) in [5, 5.41) is 3.00. The van der Waals surface area contributed by atoms with Crippen molar-refractivity contribution in [1.82, 2.24) is 19.9 Å². The summed E-state index contributed by atoms with van der Waals surface area (Å²) >= 11 is 5.72. The van der Waals surface area contributed by atoms with E-state index in [1.54, 1.807) is 10.6 Å². The molecule has 0 saturated heterocycles. The van der Waals surface area contributed by atoms with Crippen LogP contribution in [-0.2, 0) is 0 Å². The highest BCUT2D eigenvalue weighted by Gasteiger charge is 2.38. The number of hydrogen-bond acceptors (Lipinski definition) is 6. The predicted molar refractivity (Wildman–Crippen MR) is 86.3 cm³/mol. The number of alkyl halides is 6. The Bertz CT molecular complexity index is 891. The van der Waals surface area contributed by atoms with Crippen LogP contribution in [-0.4, -0.2) is 44.3 Å². The summed E-state index contributed by atoms with van der Waals surface area (Å²) in [5.74, 6) is -2.31. The molecule has 0 bridgehead atoms. The molecule has 0 fully saturated rings. The summed E-state index contributed by atoms with van der Waals surface area (Å²) in [6.45, 7) is 0.885. The fourth-order valence-corrected chi connectivity index (χ4v) is 1.72. The molecule has 27 heavy (non-hydrogen) atoms. The zero-order valence-electron chi connectivity index (χ0n) is 16.6. The quantitative estimate of drug-likeness (QED) is 0.557. The van der Waals surface area contributed by atoms with E-state index in [0.29, 0.717) is 13.8 Å². The first-order valence-corrected chi connectivity index (χ1v) is 7.40. The van der Waals surface area contributed by atoms with Crippen LogP contribution in [0.3, 0.4) is 0 Å². The summed E-state index contributed by atoms with van der Waals surface area (Å²) in [4.78, 5) is 14.5. The minimum absolute atomic E-state index is 0.193. The van der Waals surface area contributed by atoms with Gasteiger partial charge in [-0.2, -0.15) is 41.3 Å². The van der Waals surface area contributed by atoms with Crippen molar-refractivity contribution >= 4 is 23.5 Å². The molecule has 0 radical (unpaired) electrons. The SMILES string of the molecule is [2H]c1ccc(-c2nc(NC([2H])(C)C(F)(F)F)nc(NC([2H])(C)C(F)(F)F)n2)nc1Cl. The lowest BCUT2D eigenvalue weighted by molar-refractivity contribution is -0.139. The third kappa shape index (κ3) is 5.81. The minimum atomic E-state index is -5.09. The number of nitrogens with zero attached hydrogens (tertiary/aromatic N) is 4. The first-order chi connectivity index (χ1) is 13.4. The lowest BCUT2D eigenvalue weighted by atomic mass is 10.3. The summed E-state index contributed by atoms with van der Waals surface area (Å²) in [5.41, 5.74) is -0.193. The van der Waals surface area contributed by atoms with E-state index < -0.39 is 42.1 Å². The Hall–Kier alpha value is -2.37. The maximum Gasteiger partial charge on any atom is 0.408 e. The molecule has 0 aliphatic heterocycles. The molecule has 0 amide bonds. The number of aromatic nitrogens is 4. The fourth-order valence-electron chi connectivity index (χ4n) is 1.57. The van der Waals surface area contributed by atoms with Gasteiger partial charge in [-0.05, 0) is 26.0 Å². The molecule has 0 aromatic carbocycles. The zero-order valence-corrected chi connectivity index (χ0v) is 14.3. The summed E-state index contributed by atoms with van der Waals surface area (Å²) < 4.78 is 100. The van der Waals surface area contributed by atoms with Crippen LogP contribution in [0, 0.1) is 0 Å². The lowest BCUT2D eigenvalue weighted by Gasteiger charge is -2.20. The van der Waals surface area contributed by atoms with E-state index in [0.717, 1.165) is 12.1 Å². The maximum atomic E-state index is 13.0. The van der Waals surface area contributed by atoms with Crippen LogP contribution in [0.2, 0.25) is 5.15 Å². The average Bonchev–Trinajstić information content (AvgIpc) is 2.54. The molecule has 2 atom stereocenters. The standard InChI is InChI=1S/C14H13ClF6N6/c1-6(13(16,17)18)22-11-25-10(8-4-3-5-9(15)24-8)26-12(27-11)23-7(2)14(19,20)21/h3-7H,1-2H3,(H2,22,23,25,26,27)/i5D,6D,7D. The van der Waals surface area contributed by atoms with Crippen molar-refractivity contribution in [2.45, 2.75) is 38.2 Å². The number of anilines is 2. The number of nitrogens with one attached hydrogen (secondary N) is 2. The average molecular weight is 418 g/mol. The third-order valence-corrected chi connectivity index (χ3v) is 3.17. The van der Waals surface area contributed by atoms with E-state index in [1.807, 2.05) is 0 Å². The second-order valence-electron chi connectivity index (χ2n) is 5.07. The highest BCUT2D eigenvalue weighted by atomic mass is 35.5. The summed E-state index contributed by atoms with van der Waals surface area (Å²) in [7, 11) is 0. The van der Waals surface area contributed by atoms with Gasteiger partial charge in [-0.15, -0.1) is 0 Å². The van der Waals surface area contributed by atoms with Gasteiger partial charge in [0.2, 0.25) is 11.9 Å². The molecule has 2 heterocycles. The maximum absolute atomic E-state index is 13.0. The molecule has 2 N–H and O–H groups in total. The molecule has 13 heteroatoms. The van der Waals surface area contributed by atoms with Crippen molar-refractivity contribution < 1.29 is 30.5 Å². The summed E-state index contributed by atoms with van der Waals surface area (Å²) in [6.07, 6.45) is -10.2. The Morgan fingerprint density at radius 2 is 1.44 bits per heavy atom. The van der Waals surface area contributed by atoms with E-state index in [4.69, 9.17) is 15.7 Å². The highest BCUT2D eigenvalue weighted by Crippen LogP contribution is 2.26. The van der Waals surface area contributed by atoms with Crippen LogP contribution in [0.4, 0.5) is 38.2 Å². The molecular formula is C14H13ClF6N6. The topological polar surface area (TPSA) is 75.6 Å². The van der Waals surface area contributed by atoms with Gasteiger partial charge in [-0.25, -0.2) is 4.98 Å². The second-order valence-corrected chi connectivity index (χ2v) is 5.43. The monoisotopic (exact) mass is 417 g/mol. The zero-order chi connectivity index (χ0) is 23.1. The van der Waals surface area contributed by atoms with Gasteiger partial charge >= 0.3 is 12.4 Å². The number of pyridine rings is 1. The molecule has 2 aromatic heterocycles. The Morgan fingerprint density at radius 1 is 0.963 bits per heavy atom. The van der Waals surface area contributed by atoms with E-state index in [2.05, 4.69) is 19.9 Å². The normalized spacial score (nSPS) is 18.5. The first-order valence-electron chi connectivity index (χ1n) is 8.52. The van der Waals surface area contributed by atoms with E-state index in [-0.39, 0.29) is 16.9 Å². The van der Waals surface area contributed by atoms with E-state index in [9.17, 15) is 26.3 Å². The molecule has 2 unspecified atom stereocenters. The van der Waals surface area contributed by atoms with Crippen LogP contribution in [0.25, 0.3) is 11.5 Å². The van der Waals surface area contributed by atoms with Gasteiger partial charge in [0.15, 0.2) is 5.82 Å². The molecule has 6 nitrogen and oxygen atoms in total. The van der Waals surface area contributed by atoms with Gasteiger partial charge in [0.1, 0.15) is 22.9 Å². The third-order valence-electron chi connectivity index (χ3n) is 2.98. The van der Waals surface area contributed by atoms with Crippen molar-refractivity contribution in [2.24, 2.45) is 0 Å². The van der Waals surface area contributed by atoms with Crippen LogP contribution in [0.5, 0.6) is 0 Å². The van der Waals surface area contributed by atoms with Crippen molar-refractivity contribution in [3.05, 3.63) is 23.3 Å².